The molecule has 0 aromatic carbocycles. The van der Waals surface area contributed by atoms with Gasteiger partial charge in [0.25, 0.3) is 0 Å². The van der Waals surface area contributed by atoms with Crippen molar-refractivity contribution < 1.29 is 4.39 Å². The summed E-state index contributed by atoms with van der Waals surface area (Å²) in [6.07, 6.45) is 2.96. The third-order valence-corrected chi connectivity index (χ3v) is 2.22. The first-order chi connectivity index (χ1) is 5.16. The molecule has 0 fully saturated rings. The van der Waals surface area contributed by atoms with E-state index in [0.29, 0.717) is 15.7 Å². The van der Waals surface area contributed by atoms with Crippen molar-refractivity contribution in [2.75, 3.05) is 0 Å². The molecule has 0 aliphatic heterocycles. The number of halogens is 2. The summed E-state index contributed by atoms with van der Waals surface area (Å²) in [4.78, 5) is 3.82. The minimum absolute atomic E-state index is 0.297. The maximum atomic E-state index is 13.1. The molecule has 0 unspecified atom stereocenters. The van der Waals surface area contributed by atoms with Gasteiger partial charge in [-0.15, -0.1) is 0 Å². The molecule has 0 spiro atoms. The van der Waals surface area contributed by atoms with Gasteiger partial charge in [-0.1, -0.05) is 6.58 Å². The van der Waals surface area contributed by atoms with Gasteiger partial charge in [0, 0.05) is 16.2 Å². The Morgan fingerprint density at radius 2 is 2.36 bits per heavy atom. The monoisotopic (exact) mass is 215 g/mol. The second kappa shape index (κ2) is 3.13. The van der Waals surface area contributed by atoms with Gasteiger partial charge in [0.2, 0.25) is 0 Å². The lowest BCUT2D eigenvalue weighted by molar-refractivity contribution is 0.607. The van der Waals surface area contributed by atoms with E-state index in [2.05, 4.69) is 27.5 Å². The first-order valence-electron chi connectivity index (χ1n) is 3.10. The average Bonchev–Trinajstić information content (AvgIpc) is 2.01. The van der Waals surface area contributed by atoms with Crippen molar-refractivity contribution in [2.45, 2.75) is 6.92 Å². The van der Waals surface area contributed by atoms with Crippen LogP contribution in [0, 0.1) is 12.7 Å². The fourth-order valence-electron chi connectivity index (χ4n) is 0.719. The Labute approximate surface area is 73.1 Å². The quantitative estimate of drug-likeness (QED) is 0.703. The zero-order valence-corrected chi connectivity index (χ0v) is 7.65. The van der Waals surface area contributed by atoms with E-state index in [0.717, 1.165) is 0 Å². The highest BCUT2D eigenvalue weighted by Crippen LogP contribution is 2.19. The number of hydrogen-bond donors (Lipinski definition) is 0. The van der Waals surface area contributed by atoms with Gasteiger partial charge in [0.05, 0.1) is 5.69 Å². The Hall–Kier alpha value is -0.700. The van der Waals surface area contributed by atoms with Crippen molar-refractivity contribution >= 4 is 22.0 Å². The summed E-state index contributed by atoms with van der Waals surface area (Å²) in [6, 6.07) is 0. The lowest BCUT2D eigenvalue weighted by Gasteiger charge is -2.00. The number of nitrogens with zero attached hydrogens (tertiary/aromatic N) is 1. The van der Waals surface area contributed by atoms with Gasteiger partial charge in [-0.25, -0.2) is 4.39 Å². The minimum Gasteiger partial charge on any atom is -0.253 e. The molecule has 1 nitrogen and oxygen atoms in total. The molecule has 1 rings (SSSR count). The molecule has 0 saturated heterocycles. The summed E-state index contributed by atoms with van der Waals surface area (Å²) in [5, 5.41) is 0. The Kier molecular flexibility index (Phi) is 2.39. The van der Waals surface area contributed by atoms with E-state index in [-0.39, 0.29) is 5.82 Å². The van der Waals surface area contributed by atoms with Crippen LogP contribution in [0.25, 0.3) is 6.08 Å². The Morgan fingerprint density at radius 1 is 1.73 bits per heavy atom. The molecule has 0 radical (unpaired) electrons. The summed E-state index contributed by atoms with van der Waals surface area (Å²) < 4.78 is 13.8. The zero-order valence-electron chi connectivity index (χ0n) is 6.06. The number of pyridine rings is 1. The maximum Gasteiger partial charge on any atom is 0.152 e. The van der Waals surface area contributed by atoms with Crippen LogP contribution in [-0.2, 0) is 0 Å². The molecule has 0 atom stereocenters. The van der Waals surface area contributed by atoms with Crippen LogP contribution in [0.4, 0.5) is 4.39 Å². The summed E-state index contributed by atoms with van der Waals surface area (Å²) in [5.41, 5.74) is 0.862. The lowest BCUT2D eigenvalue weighted by atomic mass is 10.2. The first-order valence-corrected chi connectivity index (χ1v) is 3.89. The molecular formula is C8H7BrFN. The van der Waals surface area contributed by atoms with E-state index in [1.165, 1.54) is 6.08 Å². The molecule has 0 saturated carbocycles. The molecule has 0 amide bonds. The normalized spacial score (nSPS) is 9.73. The summed E-state index contributed by atoms with van der Waals surface area (Å²) in [6.45, 7) is 5.13. The van der Waals surface area contributed by atoms with Crippen molar-refractivity contribution in [1.29, 1.82) is 0 Å². The highest BCUT2D eigenvalue weighted by atomic mass is 79.9. The number of rotatable bonds is 1. The first kappa shape index (κ1) is 8.40. The fraction of sp³-hybridized carbons (Fsp3) is 0.125. The molecular weight excluding hydrogens is 209 g/mol. The zero-order chi connectivity index (χ0) is 8.43. The van der Waals surface area contributed by atoms with Gasteiger partial charge < -0.3 is 0 Å². The van der Waals surface area contributed by atoms with Crippen molar-refractivity contribution in [3.8, 4) is 0 Å². The van der Waals surface area contributed by atoms with Crippen molar-refractivity contribution in [3.63, 3.8) is 0 Å². The van der Waals surface area contributed by atoms with Crippen molar-refractivity contribution in [1.82, 2.24) is 4.98 Å². The summed E-state index contributed by atoms with van der Waals surface area (Å²) >= 11 is 3.17. The molecule has 11 heavy (non-hydrogen) atoms. The summed E-state index contributed by atoms with van der Waals surface area (Å²) in [7, 11) is 0. The second-order valence-electron chi connectivity index (χ2n) is 2.13. The van der Waals surface area contributed by atoms with E-state index < -0.39 is 0 Å². The van der Waals surface area contributed by atoms with Crippen LogP contribution in [0.3, 0.4) is 0 Å². The Balaban J connectivity index is 3.36. The van der Waals surface area contributed by atoms with E-state index in [4.69, 9.17) is 0 Å². The molecule has 0 aliphatic rings. The van der Waals surface area contributed by atoms with Gasteiger partial charge in [0.15, 0.2) is 5.82 Å². The van der Waals surface area contributed by atoms with Crippen LogP contribution in [0.1, 0.15) is 11.3 Å². The highest BCUT2D eigenvalue weighted by Gasteiger charge is 2.05. The van der Waals surface area contributed by atoms with Gasteiger partial charge in [0.1, 0.15) is 0 Å². The van der Waals surface area contributed by atoms with Crippen LogP contribution >= 0.6 is 15.9 Å². The third-order valence-electron chi connectivity index (χ3n) is 1.42. The molecule has 58 valence electrons. The van der Waals surface area contributed by atoms with Gasteiger partial charge in [-0.05, 0) is 28.9 Å². The fourth-order valence-corrected chi connectivity index (χ4v) is 0.995. The third kappa shape index (κ3) is 1.48. The summed E-state index contributed by atoms with van der Waals surface area (Å²) in [5.74, 6) is -0.311. The number of aromatic nitrogens is 1. The van der Waals surface area contributed by atoms with E-state index in [1.54, 1.807) is 13.1 Å². The molecule has 1 aromatic heterocycles. The SMILES string of the molecule is C=Cc1ncc(Br)c(C)c1F. The predicted octanol–water partition coefficient (Wildman–Crippen LogP) is 2.93. The highest BCUT2D eigenvalue weighted by molar-refractivity contribution is 9.10. The molecule has 3 heteroatoms. The van der Waals surface area contributed by atoms with E-state index in [1.807, 2.05) is 0 Å². The van der Waals surface area contributed by atoms with Gasteiger partial charge >= 0.3 is 0 Å². The molecule has 1 aromatic rings. The van der Waals surface area contributed by atoms with Crippen LogP contribution in [0.5, 0.6) is 0 Å². The van der Waals surface area contributed by atoms with Crippen LogP contribution < -0.4 is 0 Å². The Bertz CT molecular complexity index is 296. The molecule has 1 heterocycles. The lowest BCUT2D eigenvalue weighted by Crippen LogP contribution is -1.92. The molecule has 0 bridgehead atoms. The minimum atomic E-state index is -0.311. The molecule has 0 N–H and O–H groups in total. The maximum absolute atomic E-state index is 13.1. The van der Waals surface area contributed by atoms with Crippen molar-refractivity contribution in [2.24, 2.45) is 0 Å². The van der Waals surface area contributed by atoms with Gasteiger partial charge in [-0.3, -0.25) is 4.98 Å². The van der Waals surface area contributed by atoms with Crippen LogP contribution in [-0.4, -0.2) is 4.98 Å². The smallest absolute Gasteiger partial charge is 0.152 e. The second-order valence-corrected chi connectivity index (χ2v) is 2.99. The molecule has 0 aliphatic carbocycles. The van der Waals surface area contributed by atoms with Crippen molar-refractivity contribution in [3.05, 3.63) is 34.3 Å². The van der Waals surface area contributed by atoms with E-state index >= 15 is 0 Å². The van der Waals surface area contributed by atoms with E-state index in [9.17, 15) is 4.39 Å². The largest absolute Gasteiger partial charge is 0.253 e. The predicted molar refractivity (Wildman–Crippen MR) is 46.7 cm³/mol. The number of hydrogen-bond acceptors (Lipinski definition) is 1. The topological polar surface area (TPSA) is 12.9 Å². The van der Waals surface area contributed by atoms with Crippen LogP contribution in [0.15, 0.2) is 17.2 Å². The van der Waals surface area contributed by atoms with Gasteiger partial charge in [-0.2, -0.15) is 0 Å². The standard InChI is InChI=1S/C8H7BrFN/c1-3-7-8(10)5(2)6(9)4-11-7/h3-4H,1H2,2H3. The Morgan fingerprint density at radius 3 is 2.91 bits per heavy atom. The average molecular weight is 216 g/mol. The van der Waals surface area contributed by atoms with Crippen LogP contribution in [0.2, 0.25) is 0 Å².